The zero-order chi connectivity index (χ0) is 80.8. The summed E-state index contributed by atoms with van der Waals surface area (Å²) < 4.78 is 65.6. The van der Waals surface area contributed by atoms with Crippen LogP contribution in [0.1, 0.15) is 353 Å². The second-order valence-electron chi connectivity index (χ2n) is 36.6. The third-order valence-corrected chi connectivity index (χ3v) is 47.9. The summed E-state index contributed by atoms with van der Waals surface area (Å²) in [6.07, 6.45) is 41.1. The Morgan fingerprint density at radius 1 is 0.345 bits per heavy atom. The molecule has 6 unspecified atom stereocenters. The largest absolute Gasteiger partial charge is 0.491 e. The fourth-order valence-electron chi connectivity index (χ4n) is 19.4. The molecule has 0 saturated heterocycles. The number of halogens is 2. The molecule has 0 fully saturated rings. The van der Waals surface area contributed by atoms with Gasteiger partial charge in [-0.15, -0.1) is 68.0 Å². The van der Waals surface area contributed by atoms with E-state index in [1.807, 2.05) is 45.3 Å². The maximum absolute atomic E-state index is 18.9. The second kappa shape index (κ2) is 41.9. The van der Waals surface area contributed by atoms with Gasteiger partial charge in [0, 0.05) is 59.5 Å². The van der Waals surface area contributed by atoms with E-state index in [0.29, 0.717) is 57.7 Å². The van der Waals surface area contributed by atoms with Crippen LogP contribution in [-0.4, -0.2) is 38.1 Å². The van der Waals surface area contributed by atoms with Crippen LogP contribution in [0.3, 0.4) is 0 Å². The number of fused-ring (bicyclic) bond motifs is 9. The van der Waals surface area contributed by atoms with Crippen LogP contribution in [0, 0.1) is 47.1 Å². The first-order valence-electron chi connectivity index (χ1n) is 46.2. The lowest BCUT2D eigenvalue weighted by molar-refractivity contribution is 0.226. The Labute approximate surface area is 714 Å². The quantitative estimate of drug-likeness (QED) is 0.0281. The SMILES string of the molecule is CCCCCCC(CCCC)COc1c2cc(C(C)(C)CC)sc2c(OCC(CCCC)CCCCCC)c2cc(-c3cc4c(s3)-c3sc(-c5c(F)c(F)c(-c6cc7c(s6)-c6sc(C(C)(C)CC)cc6[Si]7(CC(CC)CCCC)CC(CC)CCCC)c6nsnc56)cc3[Si]4(CC(CC)CCCC)CC(CC)CCCC)sc12. The van der Waals surface area contributed by atoms with Gasteiger partial charge in [0.2, 0.25) is 0 Å². The minimum absolute atomic E-state index is 0.00579. The predicted molar refractivity (Wildman–Crippen MR) is 510 cm³/mol. The lowest BCUT2D eigenvalue weighted by Crippen LogP contribution is -2.57. The molecule has 7 aromatic heterocycles. The van der Waals surface area contributed by atoms with E-state index in [1.165, 1.54) is 286 Å². The van der Waals surface area contributed by atoms with Gasteiger partial charge in [-0.1, -0.05) is 304 Å². The van der Waals surface area contributed by atoms with Crippen LogP contribution < -0.4 is 30.2 Å². The van der Waals surface area contributed by atoms with Crippen molar-refractivity contribution in [2.45, 2.75) is 378 Å². The highest BCUT2D eigenvalue weighted by Gasteiger charge is 2.53. The van der Waals surface area contributed by atoms with Crippen molar-refractivity contribution in [2.24, 2.45) is 35.5 Å². The third-order valence-electron chi connectivity index (χ3n) is 27.7. The first kappa shape index (κ1) is 90.6. The fraction of sp³-hybridized carbons (Fsp3) is 0.673. The number of hydrogen-bond acceptors (Lipinski definition) is 11. The number of unbranched alkanes of at least 4 members (excludes halogenated alkanes) is 12. The molecule has 0 radical (unpaired) electrons. The van der Waals surface area contributed by atoms with Crippen LogP contribution in [0.25, 0.3) is 81.3 Å². The van der Waals surface area contributed by atoms with Gasteiger partial charge in [0.1, 0.15) is 38.7 Å². The molecule has 9 heterocycles. The lowest BCUT2D eigenvalue weighted by Gasteiger charge is -2.36. The highest BCUT2D eigenvalue weighted by atomic mass is 32.1. The van der Waals surface area contributed by atoms with Crippen molar-refractivity contribution < 1.29 is 18.3 Å². The fourth-order valence-corrected chi connectivity index (χ4v) is 43.6. The van der Waals surface area contributed by atoms with Gasteiger partial charge >= 0.3 is 0 Å². The van der Waals surface area contributed by atoms with Gasteiger partial charge < -0.3 is 9.47 Å². The van der Waals surface area contributed by atoms with Crippen molar-refractivity contribution in [3.05, 3.63) is 57.8 Å². The van der Waals surface area contributed by atoms with Crippen molar-refractivity contribution in [2.75, 3.05) is 13.2 Å². The van der Waals surface area contributed by atoms with Gasteiger partial charge in [0.25, 0.3) is 0 Å². The van der Waals surface area contributed by atoms with E-state index in [-0.39, 0.29) is 10.8 Å². The van der Waals surface area contributed by atoms with Gasteiger partial charge in [0.05, 0.1) is 45.5 Å². The summed E-state index contributed by atoms with van der Waals surface area (Å²) in [6.45, 7) is 44.3. The zero-order valence-corrected chi connectivity index (χ0v) is 81.3. The van der Waals surface area contributed by atoms with Crippen molar-refractivity contribution >= 4 is 148 Å². The summed E-state index contributed by atoms with van der Waals surface area (Å²) in [5.41, 5.74) is 1.68. The van der Waals surface area contributed by atoms with E-state index in [4.69, 9.17) is 18.2 Å². The normalized spacial score (nSPS) is 17.2. The molecule has 2 aliphatic heterocycles. The molecular weight excluding hydrogens is 1560 g/mol. The summed E-state index contributed by atoms with van der Waals surface area (Å²) in [7, 11) is -5.18. The van der Waals surface area contributed by atoms with E-state index in [0.717, 1.165) is 71.9 Å². The van der Waals surface area contributed by atoms with Crippen molar-refractivity contribution in [1.29, 1.82) is 0 Å². The molecule has 0 saturated carbocycles. The van der Waals surface area contributed by atoms with Crippen LogP contribution in [0.4, 0.5) is 8.78 Å². The molecular formula is C98H146F2N2O2S7Si2. The Hall–Kier alpha value is -3.13. The molecule has 113 heavy (non-hydrogen) atoms. The van der Waals surface area contributed by atoms with E-state index >= 15 is 8.78 Å². The van der Waals surface area contributed by atoms with Gasteiger partial charge in [-0.05, 0) is 166 Å². The Morgan fingerprint density at radius 3 is 1.04 bits per heavy atom. The van der Waals surface area contributed by atoms with Crippen molar-refractivity contribution in [1.82, 2.24) is 8.75 Å². The van der Waals surface area contributed by atoms with Crippen LogP contribution in [0.5, 0.6) is 11.5 Å². The summed E-state index contributed by atoms with van der Waals surface area (Å²) in [5.74, 6) is 3.90. The number of rotatable bonds is 53. The molecule has 0 bridgehead atoms. The van der Waals surface area contributed by atoms with Crippen molar-refractivity contribution in [3.63, 3.8) is 0 Å². The number of hydrogen-bond donors (Lipinski definition) is 0. The van der Waals surface area contributed by atoms with Gasteiger partial charge in [0.15, 0.2) is 11.6 Å². The smallest absolute Gasteiger partial charge is 0.170 e. The highest BCUT2D eigenvalue weighted by Crippen LogP contribution is 2.58. The molecule has 0 spiro atoms. The van der Waals surface area contributed by atoms with E-state index in [2.05, 4.69) is 161 Å². The minimum Gasteiger partial charge on any atom is -0.491 e. The monoisotopic (exact) mass is 1700 g/mol. The van der Waals surface area contributed by atoms with Crippen LogP contribution in [0.2, 0.25) is 24.2 Å². The summed E-state index contributed by atoms with van der Waals surface area (Å²) in [4.78, 5) is 12.5. The number of benzene rings is 2. The second-order valence-corrected chi connectivity index (χ2v) is 51.5. The molecule has 15 heteroatoms. The van der Waals surface area contributed by atoms with Gasteiger partial charge in [-0.2, -0.15) is 8.75 Å². The number of aromatic nitrogens is 2. The Morgan fingerprint density at radius 2 is 0.664 bits per heavy atom. The minimum atomic E-state index is -2.70. The Kier molecular flexibility index (Phi) is 33.6. The molecule has 2 aromatic carbocycles. The number of thiophene rings is 6. The van der Waals surface area contributed by atoms with E-state index < -0.39 is 27.8 Å². The van der Waals surface area contributed by atoms with Gasteiger partial charge in [-0.3, -0.25) is 0 Å². The highest BCUT2D eigenvalue weighted by molar-refractivity contribution is 7.34. The molecule has 624 valence electrons. The van der Waals surface area contributed by atoms with Crippen molar-refractivity contribution in [3.8, 4) is 61.6 Å². The lowest BCUT2D eigenvalue weighted by atomic mass is 9.88. The van der Waals surface area contributed by atoms with E-state index in [1.54, 1.807) is 33.0 Å². The zero-order valence-electron chi connectivity index (χ0n) is 73.5. The predicted octanol–water partition coefficient (Wildman–Crippen LogP) is 33.3. The Balaban J connectivity index is 1.11. The molecule has 0 N–H and O–H groups in total. The number of nitrogens with zero attached hydrogens (tertiary/aromatic N) is 2. The molecule has 0 amide bonds. The van der Waals surface area contributed by atoms with E-state index in [9.17, 15) is 0 Å². The molecule has 9 aromatic rings. The summed E-state index contributed by atoms with van der Waals surface area (Å²) >= 11 is 12.5. The third kappa shape index (κ3) is 19.8. The average molecular weight is 1700 g/mol. The number of ether oxygens (including phenoxy) is 2. The molecule has 6 atom stereocenters. The summed E-state index contributed by atoms with van der Waals surface area (Å²) in [6, 6.07) is 20.0. The first-order valence-corrected chi connectivity index (χ1v) is 56.7. The maximum Gasteiger partial charge on any atom is 0.170 e. The standard InChI is InChI=1S/C98H146F2N2O2S7Si2/c1-19-33-41-43-51-69(49-39-25-7)59-103-89-71-53-73(105-91(71)90(72-54-81(109-92(72)89)97(15,16)31-13)104-60-70(50-40-26-8)52-44-42-34-20-2)74-55-77-93(106-74)94-78(112(77,61-65(27-9)45-35-21-3)62-66(28-10)46-36-22-4)56-75(107-94)83-85(99)86(100)84(88-87(83)101-111-102-88)76-57-79-95(108-76)96-80(58-82(110-96)98(17,18)32-14)113(79,63-67(29-11)47-37-23-5)64-68(30-12)48-38-24-6/h53-58,65-70H,19-52,59-64H2,1-18H3. The molecule has 4 nitrogen and oxygen atoms in total. The molecule has 2 aliphatic rings. The molecule has 11 rings (SSSR count). The van der Waals surface area contributed by atoms with Crippen LogP contribution in [0.15, 0.2) is 36.4 Å². The topological polar surface area (TPSA) is 44.2 Å². The van der Waals surface area contributed by atoms with Crippen LogP contribution >= 0.6 is 79.7 Å². The molecule has 0 aliphatic carbocycles. The summed E-state index contributed by atoms with van der Waals surface area (Å²) in [5, 5.41) is 8.62. The Bertz CT molecular complexity index is 4360. The maximum atomic E-state index is 18.9. The first-order chi connectivity index (χ1) is 54.7. The van der Waals surface area contributed by atoms with Gasteiger partial charge in [-0.25, -0.2) is 8.78 Å². The average Bonchev–Trinajstić information content (AvgIpc) is 1.54. The van der Waals surface area contributed by atoms with Crippen LogP contribution in [-0.2, 0) is 10.8 Å².